The zero-order chi connectivity index (χ0) is 10.1. The van der Waals surface area contributed by atoms with Gasteiger partial charge in [0.2, 0.25) is 5.95 Å². The largest absolute Gasteiger partial charge is 0.343 e. The van der Waals surface area contributed by atoms with Crippen LogP contribution >= 0.6 is 0 Å². The monoisotopic (exact) mass is 193 g/mol. The van der Waals surface area contributed by atoms with E-state index in [0.29, 0.717) is 6.04 Å². The summed E-state index contributed by atoms with van der Waals surface area (Å²) in [7, 11) is 2.13. The van der Waals surface area contributed by atoms with Gasteiger partial charge in [-0.25, -0.2) is 4.98 Å². The van der Waals surface area contributed by atoms with Gasteiger partial charge in [-0.3, -0.25) is 0 Å². The highest BCUT2D eigenvalue weighted by Gasteiger charge is 2.27. The second-order valence-electron chi connectivity index (χ2n) is 4.43. The third-order valence-corrected chi connectivity index (χ3v) is 3.47. The fourth-order valence-corrected chi connectivity index (χ4v) is 2.01. The molecule has 0 saturated heterocycles. The number of anilines is 1. The molecule has 2 rings (SSSR count). The lowest BCUT2D eigenvalue weighted by Crippen LogP contribution is -2.39. The molecule has 3 heteroatoms. The fourth-order valence-electron chi connectivity index (χ4n) is 2.01. The molecule has 1 aromatic heterocycles. The first-order valence-electron chi connectivity index (χ1n) is 5.43. The standard InChI is InChI=1S/C11H19N3/c1-8-7-12-11(13-8)14(3)9(2)10-5-4-6-10/h7,9-10H,4-6H2,1-3H3,(H,12,13). The molecule has 0 aromatic carbocycles. The van der Waals surface area contributed by atoms with Gasteiger partial charge in [0.15, 0.2) is 0 Å². The second-order valence-corrected chi connectivity index (χ2v) is 4.43. The topological polar surface area (TPSA) is 31.9 Å². The van der Waals surface area contributed by atoms with Crippen LogP contribution in [0.15, 0.2) is 6.20 Å². The van der Waals surface area contributed by atoms with Crippen LogP contribution in [0.25, 0.3) is 0 Å². The lowest BCUT2D eigenvalue weighted by molar-refractivity contribution is 0.266. The molecule has 1 aromatic rings. The summed E-state index contributed by atoms with van der Waals surface area (Å²) in [5.41, 5.74) is 1.13. The first-order chi connectivity index (χ1) is 6.68. The van der Waals surface area contributed by atoms with E-state index in [0.717, 1.165) is 17.6 Å². The summed E-state index contributed by atoms with van der Waals surface area (Å²) in [6.45, 7) is 4.33. The Bertz CT molecular complexity index is 301. The number of H-pyrrole nitrogens is 1. The van der Waals surface area contributed by atoms with Crippen LogP contribution in [-0.4, -0.2) is 23.1 Å². The van der Waals surface area contributed by atoms with E-state index in [1.54, 1.807) is 0 Å². The van der Waals surface area contributed by atoms with Gasteiger partial charge < -0.3 is 9.88 Å². The molecule has 3 nitrogen and oxygen atoms in total. The number of hydrogen-bond donors (Lipinski definition) is 1. The van der Waals surface area contributed by atoms with Gasteiger partial charge in [0, 0.05) is 25.0 Å². The third-order valence-electron chi connectivity index (χ3n) is 3.47. The summed E-state index contributed by atoms with van der Waals surface area (Å²) in [6, 6.07) is 0.606. The Balaban J connectivity index is 2.03. The van der Waals surface area contributed by atoms with Crippen LogP contribution in [0.1, 0.15) is 31.9 Å². The molecule has 1 N–H and O–H groups in total. The Labute approximate surface area is 85.5 Å². The number of aromatic nitrogens is 2. The van der Waals surface area contributed by atoms with Gasteiger partial charge in [-0.1, -0.05) is 6.42 Å². The summed E-state index contributed by atoms with van der Waals surface area (Å²) >= 11 is 0. The van der Waals surface area contributed by atoms with Crippen LogP contribution in [0, 0.1) is 12.8 Å². The molecule has 0 amide bonds. The maximum absolute atomic E-state index is 4.35. The van der Waals surface area contributed by atoms with E-state index in [4.69, 9.17) is 0 Å². The van der Waals surface area contributed by atoms with Crippen molar-refractivity contribution in [3.63, 3.8) is 0 Å². The molecule has 0 bridgehead atoms. The van der Waals surface area contributed by atoms with Gasteiger partial charge in [-0.05, 0) is 32.6 Å². The lowest BCUT2D eigenvalue weighted by Gasteiger charge is -2.37. The smallest absolute Gasteiger partial charge is 0.202 e. The summed E-state index contributed by atoms with van der Waals surface area (Å²) in [5.74, 6) is 1.87. The number of nitrogens with one attached hydrogen (secondary N) is 1. The van der Waals surface area contributed by atoms with E-state index in [9.17, 15) is 0 Å². The Morgan fingerprint density at radius 3 is 2.71 bits per heavy atom. The van der Waals surface area contributed by atoms with Crippen molar-refractivity contribution < 1.29 is 0 Å². The molecule has 0 spiro atoms. The van der Waals surface area contributed by atoms with E-state index in [1.165, 1.54) is 19.3 Å². The molecule has 1 unspecified atom stereocenters. The van der Waals surface area contributed by atoms with Crippen LogP contribution in [0.2, 0.25) is 0 Å². The van der Waals surface area contributed by atoms with E-state index < -0.39 is 0 Å². The highest BCUT2D eigenvalue weighted by atomic mass is 15.3. The summed E-state index contributed by atoms with van der Waals surface area (Å²) < 4.78 is 0. The predicted octanol–water partition coefficient (Wildman–Crippen LogP) is 2.34. The number of imidazole rings is 1. The normalized spacial score (nSPS) is 19.1. The van der Waals surface area contributed by atoms with Crippen molar-refractivity contribution in [1.82, 2.24) is 9.97 Å². The van der Waals surface area contributed by atoms with E-state index in [2.05, 4.69) is 28.8 Å². The second kappa shape index (κ2) is 3.64. The van der Waals surface area contributed by atoms with E-state index in [1.807, 2.05) is 13.1 Å². The first-order valence-corrected chi connectivity index (χ1v) is 5.43. The summed E-state index contributed by atoms with van der Waals surface area (Å²) in [6.07, 6.45) is 6.05. The van der Waals surface area contributed by atoms with Crippen molar-refractivity contribution in [2.24, 2.45) is 5.92 Å². The number of rotatable bonds is 3. The van der Waals surface area contributed by atoms with E-state index in [-0.39, 0.29) is 0 Å². The van der Waals surface area contributed by atoms with Crippen LogP contribution < -0.4 is 4.90 Å². The molecule has 14 heavy (non-hydrogen) atoms. The van der Waals surface area contributed by atoms with Gasteiger partial charge in [0.1, 0.15) is 0 Å². The maximum Gasteiger partial charge on any atom is 0.202 e. The van der Waals surface area contributed by atoms with Crippen molar-refractivity contribution in [3.05, 3.63) is 11.9 Å². The van der Waals surface area contributed by atoms with Gasteiger partial charge in [-0.2, -0.15) is 0 Å². The molecule has 1 aliphatic carbocycles. The Morgan fingerprint density at radius 1 is 1.57 bits per heavy atom. The van der Waals surface area contributed by atoms with Crippen LogP contribution in [0.4, 0.5) is 5.95 Å². The lowest BCUT2D eigenvalue weighted by atomic mass is 9.80. The molecule has 1 saturated carbocycles. The molecule has 0 radical (unpaired) electrons. The van der Waals surface area contributed by atoms with Gasteiger partial charge in [0.05, 0.1) is 0 Å². The maximum atomic E-state index is 4.35. The molecular weight excluding hydrogens is 174 g/mol. The van der Waals surface area contributed by atoms with Crippen molar-refractivity contribution in [2.45, 2.75) is 39.2 Å². The zero-order valence-electron chi connectivity index (χ0n) is 9.25. The van der Waals surface area contributed by atoms with Gasteiger partial charge in [0.25, 0.3) is 0 Å². The SMILES string of the molecule is Cc1cnc(N(C)C(C)C2CCC2)[nH]1. The number of hydrogen-bond acceptors (Lipinski definition) is 2. The van der Waals surface area contributed by atoms with Crippen LogP contribution in [-0.2, 0) is 0 Å². The molecule has 0 aliphatic heterocycles. The molecular formula is C11H19N3. The third kappa shape index (κ3) is 1.63. The highest BCUT2D eigenvalue weighted by Crippen LogP contribution is 2.32. The Hall–Kier alpha value is -0.990. The Morgan fingerprint density at radius 2 is 2.29 bits per heavy atom. The van der Waals surface area contributed by atoms with Gasteiger partial charge >= 0.3 is 0 Å². The van der Waals surface area contributed by atoms with Crippen molar-refractivity contribution >= 4 is 5.95 Å². The van der Waals surface area contributed by atoms with Crippen molar-refractivity contribution in [3.8, 4) is 0 Å². The first kappa shape index (κ1) is 9.56. The molecule has 1 heterocycles. The molecule has 78 valence electrons. The number of aromatic amines is 1. The predicted molar refractivity (Wildman–Crippen MR) is 58.5 cm³/mol. The molecule has 1 fully saturated rings. The van der Waals surface area contributed by atoms with Crippen LogP contribution in [0.3, 0.4) is 0 Å². The van der Waals surface area contributed by atoms with E-state index >= 15 is 0 Å². The summed E-state index contributed by atoms with van der Waals surface area (Å²) in [4.78, 5) is 9.88. The minimum Gasteiger partial charge on any atom is -0.343 e. The van der Waals surface area contributed by atoms with Gasteiger partial charge in [-0.15, -0.1) is 0 Å². The highest BCUT2D eigenvalue weighted by molar-refractivity contribution is 5.31. The minimum atomic E-state index is 0.606. The number of aryl methyl sites for hydroxylation is 1. The average Bonchev–Trinajstić information content (AvgIpc) is 2.47. The Kier molecular flexibility index (Phi) is 2.48. The molecule has 1 atom stereocenters. The van der Waals surface area contributed by atoms with Crippen LogP contribution in [0.5, 0.6) is 0 Å². The number of nitrogens with zero attached hydrogens (tertiary/aromatic N) is 2. The summed E-state index contributed by atoms with van der Waals surface area (Å²) in [5, 5.41) is 0. The quantitative estimate of drug-likeness (QED) is 0.799. The fraction of sp³-hybridized carbons (Fsp3) is 0.727. The zero-order valence-corrected chi connectivity index (χ0v) is 9.25. The van der Waals surface area contributed by atoms with Crippen molar-refractivity contribution in [2.75, 3.05) is 11.9 Å². The van der Waals surface area contributed by atoms with Crippen molar-refractivity contribution in [1.29, 1.82) is 0 Å². The molecule has 1 aliphatic rings. The minimum absolute atomic E-state index is 0.606. The average molecular weight is 193 g/mol.